The summed E-state index contributed by atoms with van der Waals surface area (Å²) in [6.07, 6.45) is -5.64. The number of likely N-dealkylation sites (tertiary alicyclic amines) is 1. The fourth-order valence-electron chi connectivity index (χ4n) is 3.18. The second kappa shape index (κ2) is 9.17. The lowest BCUT2D eigenvalue weighted by molar-refractivity contribution is -0.274. The van der Waals surface area contributed by atoms with Gasteiger partial charge in [0.2, 0.25) is 11.8 Å². The summed E-state index contributed by atoms with van der Waals surface area (Å²) in [5, 5.41) is 0. The maximum absolute atomic E-state index is 14.4. The third-order valence-corrected chi connectivity index (χ3v) is 4.85. The van der Waals surface area contributed by atoms with E-state index < -0.39 is 49.0 Å². The number of hydrogen-bond donors (Lipinski definition) is 2. The van der Waals surface area contributed by atoms with Crippen molar-refractivity contribution in [3.63, 3.8) is 0 Å². The van der Waals surface area contributed by atoms with Crippen molar-refractivity contribution in [2.24, 2.45) is 5.73 Å². The highest BCUT2D eigenvalue weighted by Crippen LogP contribution is 2.31. The first kappa shape index (κ1) is 24.2. The van der Waals surface area contributed by atoms with Crippen LogP contribution in [0.1, 0.15) is 21.5 Å². The van der Waals surface area contributed by atoms with Gasteiger partial charge in [0.15, 0.2) is 0 Å². The molecular weight excluding hydrogens is 455 g/mol. The summed E-state index contributed by atoms with van der Waals surface area (Å²) >= 11 is 0. The van der Waals surface area contributed by atoms with E-state index in [4.69, 9.17) is 16.2 Å². The van der Waals surface area contributed by atoms with Gasteiger partial charge in [-0.15, -0.1) is 13.2 Å². The van der Waals surface area contributed by atoms with E-state index in [0.29, 0.717) is 5.56 Å². The van der Waals surface area contributed by atoms with Gasteiger partial charge in [0.1, 0.15) is 17.7 Å². The summed E-state index contributed by atoms with van der Waals surface area (Å²) in [6, 6.07) is 5.82. The number of amides is 2. The Morgan fingerprint density at radius 2 is 1.88 bits per heavy atom. The van der Waals surface area contributed by atoms with E-state index in [1.807, 2.05) is 0 Å². The van der Waals surface area contributed by atoms with Gasteiger partial charge in [-0.3, -0.25) is 9.59 Å². The Balaban J connectivity index is 1.60. The Kier molecular flexibility index (Phi) is 6.72. The first-order chi connectivity index (χ1) is 15.3. The average Bonchev–Trinajstić information content (AvgIpc) is 3.02. The monoisotopic (exact) mass is 474 g/mol. The van der Waals surface area contributed by atoms with Crippen LogP contribution in [0.3, 0.4) is 0 Å². The molecule has 1 aromatic heterocycles. The molecule has 33 heavy (non-hydrogen) atoms. The number of benzene rings is 1. The van der Waals surface area contributed by atoms with Crippen LogP contribution in [0, 0.1) is 0 Å². The van der Waals surface area contributed by atoms with Crippen LogP contribution in [0.15, 0.2) is 36.5 Å². The standard InChI is InChI=1S/C20H19F5N4O4/c21-19(22)10-29(16(30)5-11-1-3-14(4-2-11)33-20(23,24)25)8-15(19)32-9-13-6-12(18(27)31)7-28-17(13)26/h1-4,6-7,15H,5,8-10H2,(H2,26,28)(H2,27,31). The molecule has 1 atom stereocenters. The minimum Gasteiger partial charge on any atom is -0.406 e. The van der Waals surface area contributed by atoms with E-state index in [1.165, 1.54) is 18.2 Å². The predicted molar refractivity (Wildman–Crippen MR) is 104 cm³/mol. The number of hydrogen-bond acceptors (Lipinski definition) is 6. The van der Waals surface area contributed by atoms with Crippen LogP contribution in [-0.2, 0) is 22.6 Å². The van der Waals surface area contributed by atoms with E-state index in [-0.39, 0.29) is 30.0 Å². The van der Waals surface area contributed by atoms with Gasteiger partial charge in [-0.2, -0.15) is 0 Å². The van der Waals surface area contributed by atoms with E-state index >= 15 is 0 Å². The van der Waals surface area contributed by atoms with Gasteiger partial charge < -0.3 is 25.8 Å². The quantitative estimate of drug-likeness (QED) is 0.594. The number of primary amides is 1. The molecule has 4 N–H and O–H groups in total. The summed E-state index contributed by atoms with van der Waals surface area (Å²) in [6.45, 7) is -1.69. The normalized spacial score (nSPS) is 17.7. The lowest BCUT2D eigenvalue weighted by atomic mass is 10.1. The summed E-state index contributed by atoms with van der Waals surface area (Å²) in [5.74, 6) is -5.27. The van der Waals surface area contributed by atoms with Gasteiger partial charge in [0.05, 0.1) is 31.7 Å². The Labute approximate surface area is 184 Å². The highest BCUT2D eigenvalue weighted by atomic mass is 19.4. The number of anilines is 1. The summed E-state index contributed by atoms with van der Waals surface area (Å²) in [5.41, 5.74) is 11.4. The maximum Gasteiger partial charge on any atom is 0.573 e. The Morgan fingerprint density at radius 1 is 1.21 bits per heavy atom. The third-order valence-electron chi connectivity index (χ3n) is 4.85. The number of nitrogen functional groups attached to an aromatic ring is 1. The highest BCUT2D eigenvalue weighted by molar-refractivity contribution is 5.92. The number of halogens is 5. The molecule has 1 aliphatic rings. The van der Waals surface area contributed by atoms with Crippen molar-refractivity contribution in [2.45, 2.75) is 31.4 Å². The molecule has 3 rings (SSSR count). The van der Waals surface area contributed by atoms with Crippen LogP contribution in [-0.4, -0.2) is 53.2 Å². The highest BCUT2D eigenvalue weighted by Gasteiger charge is 2.50. The van der Waals surface area contributed by atoms with Gasteiger partial charge in [-0.05, 0) is 23.8 Å². The zero-order valence-electron chi connectivity index (χ0n) is 16.9. The summed E-state index contributed by atoms with van der Waals surface area (Å²) in [7, 11) is 0. The van der Waals surface area contributed by atoms with E-state index in [0.717, 1.165) is 23.2 Å². The molecule has 1 saturated heterocycles. The average molecular weight is 474 g/mol. The van der Waals surface area contributed by atoms with Crippen LogP contribution in [0.5, 0.6) is 5.75 Å². The zero-order chi connectivity index (χ0) is 24.4. The van der Waals surface area contributed by atoms with Gasteiger partial charge >= 0.3 is 6.36 Å². The van der Waals surface area contributed by atoms with Crippen LogP contribution >= 0.6 is 0 Å². The Morgan fingerprint density at radius 3 is 2.48 bits per heavy atom. The van der Waals surface area contributed by atoms with Gasteiger partial charge in [0.25, 0.3) is 5.92 Å². The fraction of sp³-hybridized carbons (Fsp3) is 0.350. The molecule has 0 saturated carbocycles. The Hall–Kier alpha value is -3.48. The second-order valence-electron chi connectivity index (χ2n) is 7.34. The second-order valence-corrected chi connectivity index (χ2v) is 7.34. The number of nitrogens with zero attached hydrogens (tertiary/aromatic N) is 2. The van der Waals surface area contributed by atoms with Crippen molar-refractivity contribution in [2.75, 3.05) is 18.8 Å². The Bertz CT molecular complexity index is 1030. The number of rotatable bonds is 7. The molecule has 2 aromatic rings. The largest absolute Gasteiger partial charge is 0.573 e. The van der Waals surface area contributed by atoms with Crippen molar-refractivity contribution in [1.29, 1.82) is 0 Å². The van der Waals surface area contributed by atoms with E-state index in [1.54, 1.807) is 0 Å². The van der Waals surface area contributed by atoms with Crippen LogP contribution < -0.4 is 16.2 Å². The van der Waals surface area contributed by atoms with Crippen molar-refractivity contribution in [3.05, 3.63) is 53.2 Å². The van der Waals surface area contributed by atoms with Gasteiger partial charge in [0, 0.05) is 11.8 Å². The molecular formula is C20H19F5N4O4. The zero-order valence-corrected chi connectivity index (χ0v) is 16.9. The van der Waals surface area contributed by atoms with Crippen LogP contribution in [0.4, 0.5) is 27.8 Å². The number of aromatic nitrogens is 1. The van der Waals surface area contributed by atoms with Gasteiger partial charge in [-0.25, -0.2) is 13.8 Å². The summed E-state index contributed by atoms with van der Waals surface area (Å²) in [4.78, 5) is 28.4. The number of nitrogens with two attached hydrogens (primary N) is 2. The molecule has 178 valence electrons. The molecule has 2 heterocycles. The van der Waals surface area contributed by atoms with Crippen molar-refractivity contribution >= 4 is 17.6 Å². The van der Waals surface area contributed by atoms with E-state index in [9.17, 15) is 31.5 Å². The molecule has 1 aliphatic heterocycles. The van der Waals surface area contributed by atoms with Gasteiger partial charge in [-0.1, -0.05) is 12.1 Å². The van der Waals surface area contributed by atoms with Crippen molar-refractivity contribution in [1.82, 2.24) is 9.88 Å². The van der Waals surface area contributed by atoms with Crippen LogP contribution in [0.25, 0.3) is 0 Å². The predicted octanol–water partition coefficient (Wildman–Crippen LogP) is 2.27. The minimum atomic E-state index is -4.85. The van der Waals surface area contributed by atoms with Crippen LogP contribution in [0.2, 0.25) is 0 Å². The lowest BCUT2D eigenvalue weighted by Crippen LogP contribution is -2.34. The topological polar surface area (TPSA) is 121 Å². The summed E-state index contributed by atoms with van der Waals surface area (Å²) < 4.78 is 74.5. The first-order valence-corrected chi connectivity index (χ1v) is 9.50. The maximum atomic E-state index is 14.4. The molecule has 0 bridgehead atoms. The molecule has 8 nitrogen and oxygen atoms in total. The smallest absolute Gasteiger partial charge is 0.406 e. The van der Waals surface area contributed by atoms with Crippen molar-refractivity contribution < 1.29 is 41.0 Å². The molecule has 1 unspecified atom stereocenters. The SMILES string of the molecule is NC(=O)c1cnc(N)c(COC2CN(C(=O)Cc3ccc(OC(F)(F)F)cc3)CC2(F)F)c1. The molecule has 1 fully saturated rings. The third kappa shape index (κ3) is 6.28. The molecule has 0 aliphatic carbocycles. The number of ether oxygens (including phenoxy) is 2. The molecule has 0 radical (unpaired) electrons. The number of alkyl halides is 5. The van der Waals surface area contributed by atoms with Crippen molar-refractivity contribution in [3.8, 4) is 5.75 Å². The number of carbonyl (C=O) groups is 2. The minimum absolute atomic E-state index is 0.0211. The van der Waals surface area contributed by atoms with E-state index in [2.05, 4.69) is 9.72 Å². The molecule has 2 amide bonds. The first-order valence-electron chi connectivity index (χ1n) is 9.50. The fourth-order valence-corrected chi connectivity index (χ4v) is 3.18. The number of pyridine rings is 1. The lowest BCUT2D eigenvalue weighted by Gasteiger charge is -2.18. The number of carbonyl (C=O) groups excluding carboxylic acids is 2. The molecule has 0 spiro atoms. The molecule has 13 heteroatoms. The molecule has 1 aromatic carbocycles.